The highest BCUT2D eigenvalue weighted by Crippen LogP contribution is 2.22. The largest absolute Gasteiger partial charge is 0.397 e. The first-order chi connectivity index (χ1) is 9.45. The molecule has 2 atom stereocenters. The quantitative estimate of drug-likeness (QED) is 0.824. The van der Waals surface area contributed by atoms with Crippen LogP contribution in [-0.4, -0.2) is 42.6 Å². The van der Waals surface area contributed by atoms with E-state index in [9.17, 15) is 4.79 Å². The third kappa shape index (κ3) is 3.71. The van der Waals surface area contributed by atoms with Crippen LogP contribution in [0.25, 0.3) is 0 Å². The molecule has 3 N–H and O–H groups in total. The molecule has 1 aromatic rings. The fraction of sp³-hybridized carbons (Fsp3) is 0.533. The Morgan fingerprint density at radius 3 is 2.65 bits per heavy atom. The molecule has 1 saturated heterocycles. The van der Waals surface area contributed by atoms with Gasteiger partial charge in [0.2, 0.25) is 5.91 Å². The second kappa shape index (κ2) is 6.24. The predicted octanol–water partition coefficient (Wildman–Crippen LogP) is 1.62. The molecule has 0 radical (unpaired) electrons. The number of nitrogen functional groups attached to an aromatic ring is 1. The van der Waals surface area contributed by atoms with Crippen LogP contribution in [-0.2, 0) is 9.53 Å². The van der Waals surface area contributed by atoms with Gasteiger partial charge in [-0.1, -0.05) is 12.1 Å². The maximum atomic E-state index is 12.1. The molecule has 5 nitrogen and oxygen atoms in total. The zero-order valence-corrected chi connectivity index (χ0v) is 12.3. The van der Waals surface area contributed by atoms with E-state index >= 15 is 0 Å². The lowest BCUT2D eigenvalue weighted by atomic mass is 10.1. The Kier molecular flexibility index (Phi) is 4.62. The molecule has 1 heterocycles. The summed E-state index contributed by atoms with van der Waals surface area (Å²) in [5, 5.41) is 2.91. The van der Waals surface area contributed by atoms with Crippen molar-refractivity contribution >= 4 is 17.3 Å². The van der Waals surface area contributed by atoms with E-state index in [0.717, 1.165) is 18.7 Å². The first kappa shape index (κ1) is 14.8. The van der Waals surface area contributed by atoms with Gasteiger partial charge in [0.25, 0.3) is 0 Å². The van der Waals surface area contributed by atoms with Crippen molar-refractivity contribution in [1.29, 1.82) is 0 Å². The highest BCUT2D eigenvalue weighted by Gasteiger charge is 2.23. The minimum absolute atomic E-state index is 0.0349. The van der Waals surface area contributed by atoms with Crippen molar-refractivity contribution in [3.8, 4) is 0 Å². The number of nitrogens with two attached hydrogens (primary N) is 1. The summed E-state index contributed by atoms with van der Waals surface area (Å²) in [7, 11) is 0. The second-order valence-corrected chi connectivity index (χ2v) is 5.54. The zero-order valence-electron chi connectivity index (χ0n) is 12.3. The molecule has 1 aliphatic heterocycles. The number of aryl methyl sites for hydroxylation is 1. The van der Waals surface area contributed by atoms with Gasteiger partial charge in [-0.25, -0.2) is 0 Å². The van der Waals surface area contributed by atoms with Gasteiger partial charge < -0.3 is 15.8 Å². The first-order valence-corrected chi connectivity index (χ1v) is 6.98. The molecule has 2 rings (SSSR count). The number of amides is 1. The molecular formula is C15H23N3O2. The van der Waals surface area contributed by atoms with E-state index in [1.807, 2.05) is 32.9 Å². The number of carbonyl (C=O) groups is 1. The number of hydrogen-bond acceptors (Lipinski definition) is 4. The van der Waals surface area contributed by atoms with Crippen LogP contribution in [0.4, 0.5) is 11.4 Å². The van der Waals surface area contributed by atoms with Crippen LogP contribution < -0.4 is 11.1 Å². The lowest BCUT2D eigenvalue weighted by Gasteiger charge is -2.34. The Bertz CT molecular complexity index is 460. The van der Waals surface area contributed by atoms with Crippen molar-refractivity contribution in [3.05, 3.63) is 23.8 Å². The van der Waals surface area contributed by atoms with Gasteiger partial charge in [-0.05, 0) is 32.4 Å². The van der Waals surface area contributed by atoms with Crippen LogP contribution in [0.15, 0.2) is 18.2 Å². The van der Waals surface area contributed by atoms with Crippen LogP contribution in [0.5, 0.6) is 0 Å². The summed E-state index contributed by atoms with van der Waals surface area (Å²) < 4.78 is 5.66. The summed E-state index contributed by atoms with van der Waals surface area (Å²) in [6.07, 6.45) is 0.324. The van der Waals surface area contributed by atoms with Gasteiger partial charge in [0.15, 0.2) is 0 Å². The molecule has 0 spiro atoms. The number of para-hydroxylation sites is 1. The molecule has 0 bridgehead atoms. The fourth-order valence-corrected chi connectivity index (χ4v) is 2.66. The zero-order chi connectivity index (χ0) is 14.7. The molecule has 0 saturated carbocycles. The van der Waals surface area contributed by atoms with E-state index in [0.29, 0.717) is 17.9 Å². The standard InChI is InChI=1S/C15H23N3O2/c1-10-5-4-6-13(16)15(10)17-14(19)9-18-7-11(2)20-12(3)8-18/h4-6,11-12H,7-9,16H2,1-3H3,(H,17,19)/t11-,12+. The Labute approximate surface area is 120 Å². The predicted molar refractivity (Wildman–Crippen MR) is 80.7 cm³/mol. The average molecular weight is 277 g/mol. The molecule has 20 heavy (non-hydrogen) atoms. The highest BCUT2D eigenvalue weighted by atomic mass is 16.5. The molecular weight excluding hydrogens is 254 g/mol. The van der Waals surface area contributed by atoms with Gasteiger partial charge in [-0.3, -0.25) is 9.69 Å². The number of morpholine rings is 1. The first-order valence-electron chi connectivity index (χ1n) is 6.98. The van der Waals surface area contributed by atoms with E-state index in [-0.39, 0.29) is 18.1 Å². The number of ether oxygens (including phenoxy) is 1. The van der Waals surface area contributed by atoms with E-state index in [1.165, 1.54) is 0 Å². The Balaban J connectivity index is 1.95. The molecule has 110 valence electrons. The molecule has 5 heteroatoms. The molecule has 1 amide bonds. The summed E-state index contributed by atoms with van der Waals surface area (Å²) in [6.45, 7) is 7.92. The minimum Gasteiger partial charge on any atom is -0.397 e. The van der Waals surface area contributed by atoms with Gasteiger partial charge in [0.1, 0.15) is 0 Å². The van der Waals surface area contributed by atoms with E-state index in [4.69, 9.17) is 10.5 Å². The molecule has 1 aromatic carbocycles. The van der Waals surface area contributed by atoms with Gasteiger partial charge in [0, 0.05) is 13.1 Å². The number of anilines is 2. The van der Waals surface area contributed by atoms with Crippen molar-refractivity contribution in [1.82, 2.24) is 4.90 Å². The van der Waals surface area contributed by atoms with Gasteiger partial charge in [0.05, 0.1) is 30.1 Å². The minimum atomic E-state index is -0.0349. The van der Waals surface area contributed by atoms with Crippen molar-refractivity contribution in [3.63, 3.8) is 0 Å². The van der Waals surface area contributed by atoms with E-state index in [2.05, 4.69) is 10.2 Å². The Hall–Kier alpha value is -1.59. The van der Waals surface area contributed by atoms with Crippen molar-refractivity contribution in [2.75, 3.05) is 30.7 Å². The normalized spacial score (nSPS) is 23.6. The lowest BCUT2D eigenvalue weighted by molar-refractivity contribution is -0.121. The average Bonchev–Trinajstić information content (AvgIpc) is 2.32. The van der Waals surface area contributed by atoms with Crippen molar-refractivity contribution < 1.29 is 9.53 Å². The van der Waals surface area contributed by atoms with Gasteiger partial charge in [-0.2, -0.15) is 0 Å². The van der Waals surface area contributed by atoms with Crippen LogP contribution >= 0.6 is 0 Å². The lowest BCUT2D eigenvalue weighted by Crippen LogP contribution is -2.48. The van der Waals surface area contributed by atoms with Crippen LogP contribution in [0.1, 0.15) is 19.4 Å². The van der Waals surface area contributed by atoms with E-state index in [1.54, 1.807) is 6.07 Å². The number of benzene rings is 1. The number of hydrogen-bond donors (Lipinski definition) is 2. The summed E-state index contributed by atoms with van der Waals surface area (Å²) in [4.78, 5) is 14.3. The smallest absolute Gasteiger partial charge is 0.238 e. The maximum absolute atomic E-state index is 12.1. The monoisotopic (exact) mass is 277 g/mol. The second-order valence-electron chi connectivity index (χ2n) is 5.54. The Morgan fingerprint density at radius 2 is 2.05 bits per heavy atom. The molecule has 0 unspecified atom stereocenters. The summed E-state index contributed by atoms with van der Waals surface area (Å²) >= 11 is 0. The SMILES string of the molecule is Cc1cccc(N)c1NC(=O)CN1C[C@@H](C)O[C@@H](C)C1. The van der Waals surface area contributed by atoms with E-state index < -0.39 is 0 Å². The van der Waals surface area contributed by atoms with Crippen molar-refractivity contribution in [2.45, 2.75) is 33.0 Å². The van der Waals surface area contributed by atoms with Crippen LogP contribution in [0.2, 0.25) is 0 Å². The third-order valence-electron chi connectivity index (χ3n) is 3.43. The summed E-state index contributed by atoms with van der Waals surface area (Å²) in [5.74, 6) is -0.0349. The maximum Gasteiger partial charge on any atom is 0.238 e. The highest BCUT2D eigenvalue weighted by molar-refractivity contribution is 5.96. The van der Waals surface area contributed by atoms with Crippen LogP contribution in [0, 0.1) is 6.92 Å². The third-order valence-corrected chi connectivity index (χ3v) is 3.43. The summed E-state index contributed by atoms with van der Waals surface area (Å²) in [6, 6.07) is 5.61. The van der Waals surface area contributed by atoms with Gasteiger partial charge >= 0.3 is 0 Å². The Morgan fingerprint density at radius 1 is 1.40 bits per heavy atom. The molecule has 0 aromatic heterocycles. The van der Waals surface area contributed by atoms with Crippen molar-refractivity contribution in [2.24, 2.45) is 0 Å². The summed E-state index contributed by atoms with van der Waals surface area (Å²) in [5.41, 5.74) is 8.19. The fourth-order valence-electron chi connectivity index (χ4n) is 2.66. The molecule has 1 aliphatic rings. The number of nitrogens with one attached hydrogen (secondary N) is 1. The number of nitrogens with zero attached hydrogens (tertiary/aromatic N) is 1. The topological polar surface area (TPSA) is 67.6 Å². The molecule has 0 aliphatic carbocycles. The van der Waals surface area contributed by atoms with Crippen LogP contribution in [0.3, 0.4) is 0 Å². The number of carbonyl (C=O) groups excluding carboxylic acids is 1. The van der Waals surface area contributed by atoms with Gasteiger partial charge in [-0.15, -0.1) is 0 Å². The number of rotatable bonds is 3. The molecule has 1 fully saturated rings.